The predicted molar refractivity (Wildman–Crippen MR) is 123 cm³/mol. The predicted octanol–water partition coefficient (Wildman–Crippen LogP) is 2.97. The van der Waals surface area contributed by atoms with E-state index in [0.717, 1.165) is 60.6 Å². The first-order valence-corrected chi connectivity index (χ1v) is 11.7. The minimum Gasteiger partial charge on any atom is -0.491 e. The molecule has 4 saturated heterocycles. The molecule has 0 aliphatic carbocycles. The molecule has 2 aromatic carbocycles. The average molecular weight is 469 g/mol. The number of hydrogen-bond donors (Lipinski definition) is 0. The van der Waals surface area contributed by atoms with Crippen LogP contribution in [0.3, 0.4) is 0 Å². The highest BCUT2D eigenvalue weighted by Gasteiger charge is 2.25. The van der Waals surface area contributed by atoms with Gasteiger partial charge in [0.2, 0.25) is 0 Å². The maximum Gasteiger partial charge on any atom is 0.123 e. The molecule has 0 radical (unpaired) electrons. The van der Waals surface area contributed by atoms with Gasteiger partial charge in [-0.1, -0.05) is 12.2 Å². The van der Waals surface area contributed by atoms with Crippen LogP contribution in [0.25, 0.3) is 12.2 Å². The Morgan fingerprint density at radius 3 is 1.00 bits per heavy atom. The van der Waals surface area contributed by atoms with E-state index >= 15 is 0 Å². The first-order valence-electron chi connectivity index (χ1n) is 11.7. The molecule has 4 atom stereocenters. The molecular weight excluding hydrogens is 440 g/mol. The molecule has 0 saturated carbocycles. The third-order valence-corrected chi connectivity index (χ3v) is 5.63. The lowest BCUT2D eigenvalue weighted by Crippen LogP contribution is -2.06. The molecule has 4 heterocycles. The number of ether oxygens (including phenoxy) is 8. The van der Waals surface area contributed by atoms with Crippen LogP contribution in [-0.2, 0) is 18.9 Å². The number of epoxide rings is 4. The van der Waals surface area contributed by atoms with E-state index < -0.39 is 0 Å². The fraction of sp³-hybridized carbons (Fsp3) is 0.462. The summed E-state index contributed by atoms with van der Waals surface area (Å²) in [5.41, 5.74) is 1.93. The van der Waals surface area contributed by atoms with Gasteiger partial charge in [-0.25, -0.2) is 0 Å². The van der Waals surface area contributed by atoms with Gasteiger partial charge in [-0.3, -0.25) is 0 Å². The summed E-state index contributed by atoms with van der Waals surface area (Å²) in [7, 11) is 0. The Morgan fingerprint density at radius 1 is 0.500 bits per heavy atom. The minimum absolute atomic E-state index is 0.187. The second-order valence-electron chi connectivity index (χ2n) is 8.87. The van der Waals surface area contributed by atoms with Gasteiger partial charge in [0.05, 0.1) is 26.4 Å². The zero-order valence-electron chi connectivity index (χ0n) is 18.9. The van der Waals surface area contributed by atoms with Gasteiger partial charge in [-0.05, 0) is 35.4 Å². The van der Waals surface area contributed by atoms with Crippen molar-refractivity contribution < 1.29 is 37.9 Å². The van der Waals surface area contributed by atoms with Crippen molar-refractivity contribution in [3.8, 4) is 23.0 Å². The summed E-state index contributed by atoms with van der Waals surface area (Å²) >= 11 is 0. The molecule has 0 spiro atoms. The zero-order valence-corrected chi connectivity index (χ0v) is 18.9. The van der Waals surface area contributed by atoms with Gasteiger partial charge in [0.15, 0.2) is 0 Å². The van der Waals surface area contributed by atoms with Gasteiger partial charge >= 0.3 is 0 Å². The standard InChI is InChI=1S/C26H28O8/c1(17-3-19(27-9-23-13-31-23)7-20(4-17)28-10-24-14-32-24)2-18-5-21(29-11-25-15-33-25)8-22(6-18)30-12-26-16-34-26/h1-8,23-26H,9-16H2. The van der Waals surface area contributed by atoms with E-state index in [4.69, 9.17) is 37.9 Å². The lowest BCUT2D eigenvalue weighted by molar-refractivity contribution is 0.252. The molecule has 4 aliphatic rings. The van der Waals surface area contributed by atoms with Gasteiger partial charge in [-0.2, -0.15) is 0 Å². The average Bonchev–Trinajstić information content (AvgIpc) is 3.70. The number of rotatable bonds is 14. The van der Waals surface area contributed by atoms with Crippen LogP contribution in [0.5, 0.6) is 23.0 Å². The maximum atomic E-state index is 5.91. The van der Waals surface area contributed by atoms with Crippen LogP contribution in [0, 0.1) is 0 Å². The fourth-order valence-electron chi connectivity index (χ4n) is 3.32. The van der Waals surface area contributed by atoms with Crippen molar-refractivity contribution in [2.75, 3.05) is 52.9 Å². The van der Waals surface area contributed by atoms with Crippen molar-refractivity contribution in [1.29, 1.82) is 0 Å². The first kappa shape index (κ1) is 21.7. The van der Waals surface area contributed by atoms with E-state index in [0.29, 0.717) is 26.4 Å². The topological polar surface area (TPSA) is 87.0 Å². The Kier molecular flexibility index (Phi) is 6.29. The molecule has 4 unspecified atom stereocenters. The van der Waals surface area contributed by atoms with Crippen molar-refractivity contribution in [1.82, 2.24) is 0 Å². The van der Waals surface area contributed by atoms with Crippen LogP contribution in [0.15, 0.2) is 36.4 Å². The highest BCUT2D eigenvalue weighted by Crippen LogP contribution is 2.29. The number of hydrogen-bond acceptors (Lipinski definition) is 8. The lowest BCUT2D eigenvalue weighted by Gasteiger charge is -2.11. The molecule has 0 bridgehead atoms. The normalized spacial score (nSPS) is 26.2. The van der Waals surface area contributed by atoms with Crippen molar-refractivity contribution in [3.05, 3.63) is 47.5 Å². The SMILES string of the molecule is C(=Cc1cc(OCC2CO2)cc(OCC2CO2)c1)c1cc(OCC2CO2)cc(OCC2CO2)c1. The minimum atomic E-state index is 0.187. The van der Waals surface area contributed by atoms with Crippen LogP contribution in [-0.4, -0.2) is 77.3 Å². The maximum absolute atomic E-state index is 5.91. The molecule has 4 aliphatic heterocycles. The van der Waals surface area contributed by atoms with Gasteiger partial charge in [0, 0.05) is 12.1 Å². The third kappa shape index (κ3) is 6.87. The van der Waals surface area contributed by atoms with E-state index in [2.05, 4.69) is 0 Å². The summed E-state index contributed by atoms with van der Waals surface area (Å²) in [6, 6.07) is 11.8. The van der Waals surface area contributed by atoms with E-state index in [1.54, 1.807) is 0 Å². The Balaban J connectivity index is 1.18. The Bertz CT molecular complexity index is 871. The Hall–Kier alpha value is -2.78. The fourth-order valence-corrected chi connectivity index (χ4v) is 3.32. The summed E-state index contributed by atoms with van der Waals surface area (Å²) in [6.45, 7) is 5.16. The monoisotopic (exact) mass is 468 g/mol. The summed E-state index contributed by atoms with van der Waals surface area (Å²) in [5.74, 6) is 3.00. The van der Waals surface area contributed by atoms with E-state index in [1.165, 1.54) is 0 Å². The molecule has 8 heteroatoms. The zero-order chi connectivity index (χ0) is 22.7. The highest BCUT2D eigenvalue weighted by molar-refractivity contribution is 5.72. The van der Waals surface area contributed by atoms with Crippen LogP contribution < -0.4 is 18.9 Å². The molecule has 0 aromatic heterocycles. The van der Waals surface area contributed by atoms with Crippen LogP contribution >= 0.6 is 0 Å². The summed E-state index contributed by atoms with van der Waals surface area (Å²) in [6.07, 6.45) is 4.80. The summed E-state index contributed by atoms with van der Waals surface area (Å²) < 4.78 is 44.7. The van der Waals surface area contributed by atoms with Crippen molar-refractivity contribution in [2.45, 2.75) is 24.4 Å². The second-order valence-corrected chi connectivity index (χ2v) is 8.87. The van der Waals surface area contributed by atoms with E-state index in [9.17, 15) is 0 Å². The molecule has 2 aromatic rings. The molecular formula is C26H28O8. The van der Waals surface area contributed by atoms with Gasteiger partial charge in [-0.15, -0.1) is 0 Å². The van der Waals surface area contributed by atoms with E-state index in [1.807, 2.05) is 48.6 Å². The third-order valence-electron chi connectivity index (χ3n) is 5.63. The number of benzene rings is 2. The molecule has 6 rings (SSSR count). The molecule has 34 heavy (non-hydrogen) atoms. The van der Waals surface area contributed by atoms with E-state index in [-0.39, 0.29) is 24.4 Å². The first-order chi connectivity index (χ1) is 16.7. The molecule has 0 N–H and O–H groups in total. The van der Waals surface area contributed by atoms with Gasteiger partial charge < -0.3 is 37.9 Å². The highest BCUT2D eigenvalue weighted by atomic mass is 16.6. The molecule has 4 fully saturated rings. The largest absolute Gasteiger partial charge is 0.491 e. The molecule has 180 valence electrons. The van der Waals surface area contributed by atoms with Crippen LogP contribution in [0.1, 0.15) is 11.1 Å². The molecule has 8 nitrogen and oxygen atoms in total. The van der Waals surface area contributed by atoms with Gasteiger partial charge in [0.1, 0.15) is 73.8 Å². The Labute approximate surface area is 198 Å². The smallest absolute Gasteiger partial charge is 0.123 e. The van der Waals surface area contributed by atoms with Crippen LogP contribution in [0.2, 0.25) is 0 Å². The molecule has 0 amide bonds. The second kappa shape index (κ2) is 9.84. The van der Waals surface area contributed by atoms with Crippen LogP contribution in [0.4, 0.5) is 0 Å². The Morgan fingerprint density at radius 2 is 0.765 bits per heavy atom. The lowest BCUT2D eigenvalue weighted by atomic mass is 10.1. The summed E-state index contributed by atoms with van der Waals surface area (Å²) in [5, 5.41) is 0. The van der Waals surface area contributed by atoms with Crippen molar-refractivity contribution >= 4 is 12.2 Å². The van der Waals surface area contributed by atoms with Crippen molar-refractivity contribution in [3.63, 3.8) is 0 Å². The summed E-state index contributed by atoms with van der Waals surface area (Å²) in [4.78, 5) is 0. The van der Waals surface area contributed by atoms with Crippen molar-refractivity contribution in [2.24, 2.45) is 0 Å². The van der Waals surface area contributed by atoms with Gasteiger partial charge in [0.25, 0.3) is 0 Å². The quantitative estimate of drug-likeness (QED) is 0.309.